The van der Waals surface area contributed by atoms with Crippen molar-refractivity contribution in [3.8, 4) is 11.3 Å². The van der Waals surface area contributed by atoms with Crippen LogP contribution in [-0.4, -0.2) is 25.2 Å². The summed E-state index contributed by atoms with van der Waals surface area (Å²) < 4.78 is 0. The quantitative estimate of drug-likeness (QED) is 0.822. The van der Waals surface area contributed by atoms with E-state index in [0.29, 0.717) is 9.98 Å². The Bertz CT molecular complexity index is 397. The fraction of sp³-hybridized carbons (Fsp3) is 0.300. The van der Waals surface area contributed by atoms with Crippen molar-refractivity contribution in [2.24, 2.45) is 0 Å². The molecule has 2 aromatic rings. The van der Waals surface area contributed by atoms with E-state index in [9.17, 15) is 0 Å². The standard InChI is InChI=1S/C7H5ClN4.C3H7Br/c8-7-2-1-6(11-12-7)5-3-9-10-4-5;1-3(2)4/h1-4H,(H,9,10);3H,1-2H3. The molecule has 2 heterocycles. The van der Waals surface area contributed by atoms with Crippen LogP contribution in [0.2, 0.25) is 5.15 Å². The Morgan fingerprint density at radius 1 is 1.31 bits per heavy atom. The van der Waals surface area contributed by atoms with Gasteiger partial charge in [0.2, 0.25) is 0 Å². The molecule has 0 saturated heterocycles. The summed E-state index contributed by atoms with van der Waals surface area (Å²) in [6.07, 6.45) is 3.43. The van der Waals surface area contributed by atoms with Gasteiger partial charge in [0.25, 0.3) is 0 Å². The topological polar surface area (TPSA) is 54.5 Å². The second-order valence-electron chi connectivity index (χ2n) is 3.24. The molecule has 0 bridgehead atoms. The highest BCUT2D eigenvalue weighted by atomic mass is 79.9. The van der Waals surface area contributed by atoms with Crippen LogP contribution >= 0.6 is 27.5 Å². The fourth-order valence-electron chi connectivity index (χ4n) is 0.861. The van der Waals surface area contributed by atoms with Gasteiger partial charge in [0.15, 0.2) is 5.15 Å². The van der Waals surface area contributed by atoms with Gasteiger partial charge in [0.1, 0.15) is 0 Å². The third kappa shape index (κ3) is 4.72. The van der Waals surface area contributed by atoms with Crippen molar-refractivity contribution in [3.63, 3.8) is 0 Å². The largest absolute Gasteiger partial charge is 0.285 e. The Hall–Kier alpha value is -0.940. The van der Waals surface area contributed by atoms with Crippen LogP contribution in [0.15, 0.2) is 24.5 Å². The van der Waals surface area contributed by atoms with E-state index >= 15 is 0 Å². The number of hydrogen-bond donors (Lipinski definition) is 1. The van der Waals surface area contributed by atoms with Gasteiger partial charge >= 0.3 is 0 Å². The Kier molecular flexibility index (Phi) is 5.42. The lowest BCUT2D eigenvalue weighted by Gasteiger charge is -1.92. The van der Waals surface area contributed by atoms with E-state index in [1.807, 2.05) is 0 Å². The normalized spacial score (nSPS) is 9.81. The summed E-state index contributed by atoms with van der Waals surface area (Å²) in [5.74, 6) is 0. The van der Waals surface area contributed by atoms with E-state index in [2.05, 4.69) is 50.2 Å². The van der Waals surface area contributed by atoms with Crippen LogP contribution in [0.4, 0.5) is 0 Å². The van der Waals surface area contributed by atoms with Crippen LogP contribution in [0.1, 0.15) is 13.8 Å². The van der Waals surface area contributed by atoms with E-state index in [4.69, 9.17) is 11.6 Å². The van der Waals surface area contributed by atoms with Crippen LogP contribution in [0, 0.1) is 0 Å². The lowest BCUT2D eigenvalue weighted by Crippen LogP contribution is -1.84. The van der Waals surface area contributed by atoms with Crippen molar-refractivity contribution >= 4 is 27.5 Å². The van der Waals surface area contributed by atoms with E-state index < -0.39 is 0 Å². The summed E-state index contributed by atoms with van der Waals surface area (Å²) in [6.45, 7) is 4.17. The molecule has 16 heavy (non-hydrogen) atoms. The van der Waals surface area contributed by atoms with Gasteiger partial charge in [-0.2, -0.15) is 5.10 Å². The number of nitrogens with zero attached hydrogens (tertiary/aromatic N) is 3. The second-order valence-corrected chi connectivity index (χ2v) is 5.46. The molecule has 0 aliphatic rings. The monoisotopic (exact) mass is 302 g/mol. The van der Waals surface area contributed by atoms with Crippen molar-refractivity contribution in [2.45, 2.75) is 18.7 Å². The van der Waals surface area contributed by atoms with Gasteiger partial charge in [-0.05, 0) is 12.1 Å². The number of aromatic amines is 1. The number of nitrogens with one attached hydrogen (secondary N) is 1. The summed E-state index contributed by atoms with van der Waals surface area (Å²) in [4.78, 5) is 0.646. The number of rotatable bonds is 1. The van der Waals surface area contributed by atoms with Crippen LogP contribution in [0.25, 0.3) is 11.3 Å². The molecule has 6 heteroatoms. The number of halogens is 2. The highest BCUT2D eigenvalue weighted by Gasteiger charge is 1.99. The highest BCUT2D eigenvalue weighted by molar-refractivity contribution is 9.09. The summed E-state index contributed by atoms with van der Waals surface area (Å²) in [5.41, 5.74) is 1.66. The zero-order chi connectivity index (χ0) is 12.0. The first kappa shape index (κ1) is 13.1. The molecule has 1 N–H and O–H groups in total. The van der Waals surface area contributed by atoms with Crippen molar-refractivity contribution in [1.82, 2.24) is 20.4 Å². The molecule has 0 aliphatic carbocycles. The van der Waals surface area contributed by atoms with E-state index in [1.165, 1.54) is 0 Å². The molecular formula is C10H12BrClN4. The van der Waals surface area contributed by atoms with Crippen molar-refractivity contribution in [3.05, 3.63) is 29.7 Å². The summed E-state index contributed by atoms with van der Waals surface area (Å²) in [5, 5.41) is 14.5. The Morgan fingerprint density at radius 3 is 2.44 bits per heavy atom. The predicted molar refractivity (Wildman–Crippen MR) is 68.7 cm³/mol. The molecule has 0 amide bonds. The molecule has 0 aromatic carbocycles. The number of aromatic nitrogens is 4. The maximum absolute atomic E-state index is 5.58. The van der Waals surface area contributed by atoms with Crippen molar-refractivity contribution in [2.75, 3.05) is 0 Å². The number of alkyl halides is 1. The lowest BCUT2D eigenvalue weighted by atomic mass is 10.2. The molecule has 0 aliphatic heterocycles. The smallest absolute Gasteiger partial charge is 0.151 e. The van der Waals surface area contributed by atoms with Crippen LogP contribution in [0.5, 0.6) is 0 Å². The molecule has 0 saturated carbocycles. The first-order valence-corrected chi connectivity index (χ1v) is 6.01. The summed E-state index contributed by atoms with van der Waals surface area (Å²) in [6, 6.07) is 3.48. The van der Waals surface area contributed by atoms with Crippen molar-refractivity contribution in [1.29, 1.82) is 0 Å². The lowest BCUT2D eigenvalue weighted by molar-refractivity contribution is 1.04. The fourth-order valence-corrected chi connectivity index (χ4v) is 0.962. The minimum absolute atomic E-state index is 0.391. The Labute approximate surface area is 108 Å². The first-order valence-electron chi connectivity index (χ1n) is 4.72. The van der Waals surface area contributed by atoms with E-state index in [0.717, 1.165) is 11.3 Å². The average Bonchev–Trinajstić information content (AvgIpc) is 2.71. The summed E-state index contributed by atoms with van der Waals surface area (Å²) in [7, 11) is 0. The molecule has 2 rings (SSSR count). The molecule has 0 radical (unpaired) electrons. The predicted octanol–water partition coefficient (Wildman–Crippen LogP) is 3.31. The van der Waals surface area contributed by atoms with Gasteiger partial charge in [-0.25, -0.2) is 0 Å². The maximum atomic E-state index is 5.58. The molecule has 2 aromatic heterocycles. The van der Waals surface area contributed by atoms with Gasteiger partial charge in [-0.1, -0.05) is 41.4 Å². The number of hydrogen-bond acceptors (Lipinski definition) is 3. The summed E-state index contributed by atoms with van der Waals surface area (Å²) >= 11 is 8.85. The zero-order valence-electron chi connectivity index (χ0n) is 8.98. The maximum Gasteiger partial charge on any atom is 0.151 e. The molecule has 0 unspecified atom stereocenters. The molecule has 0 spiro atoms. The van der Waals surface area contributed by atoms with E-state index in [-0.39, 0.29) is 0 Å². The van der Waals surface area contributed by atoms with Crippen LogP contribution in [0.3, 0.4) is 0 Å². The van der Waals surface area contributed by atoms with Gasteiger partial charge in [-0.15, -0.1) is 10.2 Å². The third-order valence-electron chi connectivity index (χ3n) is 1.43. The zero-order valence-corrected chi connectivity index (χ0v) is 11.3. The van der Waals surface area contributed by atoms with Crippen molar-refractivity contribution < 1.29 is 0 Å². The van der Waals surface area contributed by atoms with E-state index in [1.54, 1.807) is 24.5 Å². The van der Waals surface area contributed by atoms with Crippen LogP contribution in [-0.2, 0) is 0 Å². The minimum atomic E-state index is 0.391. The molecule has 0 atom stereocenters. The highest BCUT2D eigenvalue weighted by Crippen LogP contribution is 2.14. The molecular weight excluding hydrogens is 291 g/mol. The SMILES string of the molecule is CC(C)Br.Clc1ccc(-c2cn[nH]c2)nn1. The average molecular weight is 304 g/mol. The minimum Gasteiger partial charge on any atom is -0.285 e. The molecule has 86 valence electrons. The van der Waals surface area contributed by atoms with Gasteiger partial charge in [0, 0.05) is 16.6 Å². The number of H-pyrrole nitrogens is 1. The Balaban J connectivity index is 0.000000280. The van der Waals surface area contributed by atoms with Gasteiger partial charge in [-0.3, -0.25) is 5.10 Å². The molecule has 0 fully saturated rings. The molecule has 4 nitrogen and oxygen atoms in total. The van der Waals surface area contributed by atoms with Crippen LogP contribution < -0.4 is 0 Å². The van der Waals surface area contributed by atoms with Gasteiger partial charge in [0.05, 0.1) is 11.9 Å². The second kappa shape index (κ2) is 6.60. The first-order chi connectivity index (χ1) is 7.59. The van der Waals surface area contributed by atoms with Gasteiger partial charge < -0.3 is 0 Å². The third-order valence-corrected chi connectivity index (χ3v) is 1.63. The Morgan fingerprint density at radius 2 is 2.00 bits per heavy atom.